The summed E-state index contributed by atoms with van der Waals surface area (Å²) < 4.78 is 40.8. The SMILES string of the molecule is N#Cc1ccc(N2CCC3(CCN(c4ccc(C(=O)N5CCN(CC6CCN(c7ccc8c(c7)C(=O)N(C7CCC(=O)NC7=O)C8=O)CC6)CC5)cc4)CC3)C2)cc1C(F)(F)F. The Hall–Kier alpha value is -5.95. The first-order valence-corrected chi connectivity index (χ1v) is 21.6. The van der Waals surface area contributed by atoms with Crippen molar-refractivity contribution in [2.24, 2.45) is 11.3 Å². The Morgan fingerprint density at radius 3 is 2.00 bits per heavy atom. The van der Waals surface area contributed by atoms with E-state index in [1.165, 1.54) is 6.07 Å². The van der Waals surface area contributed by atoms with Crippen molar-refractivity contribution in [2.45, 2.75) is 57.2 Å². The van der Waals surface area contributed by atoms with Gasteiger partial charge in [0, 0.05) is 101 Å². The third-order valence-corrected chi connectivity index (χ3v) is 14.1. The number of hydrogen-bond donors (Lipinski definition) is 1. The Bertz CT molecular complexity index is 2320. The average molecular weight is 851 g/mol. The molecule has 62 heavy (non-hydrogen) atoms. The number of anilines is 3. The Morgan fingerprint density at radius 1 is 0.726 bits per heavy atom. The van der Waals surface area contributed by atoms with E-state index in [2.05, 4.69) is 20.0 Å². The molecule has 6 heterocycles. The van der Waals surface area contributed by atoms with Gasteiger partial charge in [0.25, 0.3) is 17.7 Å². The molecule has 0 saturated carbocycles. The van der Waals surface area contributed by atoms with Crippen LogP contribution in [-0.4, -0.2) is 122 Å². The van der Waals surface area contributed by atoms with Gasteiger partial charge in [-0.2, -0.15) is 18.4 Å². The van der Waals surface area contributed by atoms with E-state index in [1.54, 1.807) is 24.3 Å². The van der Waals surface area contributed by atoms with Gasteiger partial charge in [-0.1, -0.05) is 0 Å². The zero-order valence-corrected chi connectivity index (χ0v) is 34.5. The number of hydrogen-bond acceptors (Lipinski definition) is 10. The minimum absolute atomic E-state index is 0.0272. The van der Waals surface area contributed by atoms with Crippen LogP contribution in [0.2, 0.25) is 0 Å². The van der Waals surface area contributed by atoms with Crippen molar-refractivity contribution in [3.63, 3.8) is 0 Å². The van der Waals surface area contributed by atoms with Crippen molar-refractivity contribution in [1.82, 2.24) is 20.0 Å². The molecule has 0 bridgehead atoms. The van der Waals surface area contributed by atoms with E-state index in [0.29, 0.717) is 43.3 Å². The molecule has 0 aromatic heterocycles. The summed E-state index contributed by atoms with van der Waals surface area (Å²) in [5.74, 6) is -1.51. The van der Waals surface area contributed by atoms with E-state index in [9.17, 15) is 42.4 Å². The van der Waals surface area contributed by atoms with Crippen molar-refractivity contribution >= 4 is 46.6 Å². The van der Waals surface area contributed by atoms with Gasteiger partial charge in [-0.3, -0.25) is 39.1 Å². The van der Waals surface area contributed by atoms with E-state index in [-0.39, 0.29) is 40.9 Å². The van der Waals surface area contributed by atoms with Gasteiger partial charge in [-0.05, 0) is 111 Å². The minimum Gasteiger partial charge on any atom is -0.371 e. The molecule has 324 valence electrons. The number of carbonyl (C=O) groups is 5. The monoisotopic (exact) mass is 850 g/mol. The second kappa shape index (κ2) is 16.4. The number of amides is 5. The summed E-state index contributed by atoms with van der Waals surface area (Å²) in [7, 11) is 0. The Labute approximate surface area is 358 Å². The van der Waals surface area contributed by atoms with Crippen LogP contribution in [0.3, 0.4) is 0 Å². The highest BCUT2D eigenvalue weighted by Crippen LogP contribution is 2.44. The maximum absolute atomic E-state index is 13.6. The zero-order chi connectivity index (χ0) is 43.3. The Kier molecular flexibility index (Phi) is 10.9. The van der Waals surface area contributed by atoms with Crippen LogP contribution in [0.1, 0.15) is 87.1 Å². The molecule has 3 aromatic rings. The van der Waals surface area contributed by atoms with Gasteiger partial charge in [-0.25, -0.2) is 0 Å². The number of imide groups is 2. The van der Waals surface area contributed by atoms with E-state index < -0.39 is 41.4 Å². The van der Waals surface area contributed by atoms with Crippen LogP contribution < -0.4 is 20.0 Å². The maximum Gasteiger partial charge on any atom is 0.417 e. The number of nitrogens with one attached hydrogen (secondary N) is 1. The molecule has 0 radical (unpaired) electrons. The smallest absolute Gasteiger partial charge is 0.371 e. The molecule has 1 spiro atoms. The van der Waals surface area contributed by atoms with Crippen LogP contribution >= 0.6 is 0 Å². The molecule has 5 amide bonds. The molecule has 1 N–H and O–H groups in total. The summed E-state index contributed by atoms with van der Waals surface area (Å²) in [6.07, 6.45) is 0.307. The fourth-order valence-corrected chi connectivity index (χ4v) is 10.4. The standard InChI is InChI=1S/C46H49F3N8O5/c47-46(48,49)38-26-35(6-3-32(38)27-50)56-20-15-45(29-56)13-18-54(19-14-45)33-4-1-31(2-5-33)42(60)55-23-21-52(22-24-55)28-30-11-16-53(17-12-30)34-7-8-36-37(25-34)44(62)57(43(36)61)39-9-10-40(58)51-41(39)59/h1-8,25-26,30,39H,9-24,28-29H2,(H,51,58,59). The predicted octanol–water partition coefficient (Wildman–Crippen LogP) is 5.15. The lowest BCUT2D eigenvalue weighted by Gasteiger charge is -2.40. The summed E-state index contributed by atoms with van der Waals surface area (Å²) in [5.41, 5.74) is 2.44. The fraction of sp³-hybridized carbons (Fsp3) is 0.478. The van der Waals surface area contributed by atoms with Gasteiger partial charge in [-0.15, -0.1) is 0 Å². The first-order valence-electron chi connectivity index (χ1n) is 21.6. The van der Waals surface area contributed by atoms with Crippen molar-refractivity contribution in [3.05, 3.63) is 88.5 Å². The summed E-state index contributed by atoms with van der Waals surface area (Å²) in [5, 5.41) is 11.4. The molecule has 6 aliphatic rings. The summed E-state index contributed by atoms with van der Waals surface area (Å²) >= 11 is 0. The lowest BCUT2D eigenvalue weighted by Crippen LogP contribution is -2.54. The predicted molar refractivity (Wildman–Crippen MR) is 224 cm³/mol. The van der Waals surface area contributed by atoms with Crippen LogP contribution in [0.5, 0.6) is 0 Å². The zero-order valence-electron chi connectivity index (χ0n) is 34.5. The van der Waals surface area contributed by atoms with Crippen LogP contribution in [0.25, 0.3) is 0 Å². The third kappa shape index (κ3) is 7.98. The number of nitrogens with zero attached hydrogens (tertiary/aromatic N) is 7. The molecule has 6 aliphatic heterocycles. The van der Waals surface area contributed by atoms with Crippen LogP contribution in [-0.2, 0) is 15.8 Å². The van der Waals surface area contributed by atoms with Gasteiger partial charge in [0.15, 0.2) is 0 Å². The molecule has 1 atom stereocenters. The number of nitriles is 1. The molecule has 0 aliphatic carbocycles. The first kappa shape index (κ1) is 41.4. The number of piperazine rings is 1. The van der Waals surface area contributed by atoms with Gasteiger partial charge in [0.05, 0.1) is 28.3 Å². The number of rotatable bonds is 7. The second-order valence-electron chi connectivity index (χ2n) is 17.7. The average Bonchev–Trinajstić information content (AvgIpc) is 3.80. The molecular weight excluding hydrogens is 802 g/mol. The molecular formula is C46H49F3N8O5. The Morgan fingerprint density at radius 2 is 1.34 bits per heavy atom. The molecule has 3 aromatic carbocycles. The summed E-state index contributed by atoms with van der Waals surface area (Å²) in [6, 6.07) is 17.8. The minimum atomic E-state index is -4.58. The third-order valence-electron chi connectivity index (χ3n) is 14.1. The highest BCUT2D eigenvalue weighted by atomic mass is 19.4. The van der Waals surface area contributed by atoms with Crippen molar-refractivity contribution in [3.8, 4) is 6.07 Å². The Balaban J connectivity index is 0.714. The van der Waals surface area contributed by atoms with E-state index in [0.717, 1.165) is 100 Å². The highest BCUT2D eigenvalue weighted by Gasteiger charge is 2.45. The molecule has 5 saturated heterocycles. The summed E-state index contributed by atoms with van der Waals surface area (Å²) in [6.45, 7) is 8.50. The molecule has 9 rings (SSSR count). The number of benzene rings is 3. The number of alkyl halides is 3. The van der Waals surface area contributed by atoms with Gasteiger partial charge < -0.3 is 19.6 Å². The van der Waals surface area contributed by atoms with Gasteiger partial charge in [0.2, 0.25) is 11.8 Å². The number of carbonyl (C=O) groups excluding carboxylic acids is 5. The number of halogens is 3. The van der Waals surface area contributed by atoms with Gasteiger partial charge >= 0.3 is 6.18 Å². The lowest BCUT2D eigenvalue weighted by atomic mass is 9.77. The fourth-order valence-electron chi connectivity index (χ4n) is 10.4. The first-order chi connectivity index (χ1) is 29.8. The highest BCUT2D eigenvalue weighted by molar-refractivity contribution is 6.23. The van der Waals surface area contributed by atoms with Crippen LogP contribution in [0.15, 0.2) is 60.7 Å². The molecule has 1 unspecified atom stereocenters. The quantitative estimate of drug-likeness (QED) is 0.318. The number of piperidine rings is 3. The molecule has 5 fully saturated rings. The van der Waals surface area contributed by atoms with Crippen molar-refractivity contribution in [1.29, 1.82) is 5.26 Å². The van der Waals surface area contributed by atoms with E-state index >= 15 is 0 Å². The van der Waals surface area contributed by atoms with Crippen LogP contribution in [0, 0.1) is 22.7 Å². The topological polar surface area (TPSA) is 141 Å². The largest absolute Gasteiger partial charge is 0.417 e. The normalized spacial score (nSPS) is 22.4. The number of fused-ring (bicyclic) bond motifs is 1. The van der Waals surface area contributed by atoms with Crippen molar-refractivity contribution in [2.75, 3.05) is 86.7 Å². The van der Waals surface area contributed by atoms with E-state index in [4.69, 9.17) is 0 Å². The van der Waals surface area contributed by atoms with Crippen LogP contribution in [0.4, 0.5) is 30.2 Å². The van der Waals surface area contributed by atoms with E-state index in [1.807, 2.05) is 40.1 Å². The van der Waals surface area contributed by atoms with Gasteiger partial charge in [0.1, 0.15) is 6.04 Å². The second-order valence-corrected chi connectivity index (χ2v) is 17.7. The molecule has 13 nitrogen and oxygen atoms in total. The lowest BCUT2D eigenvalue weighted by molar-refractivity contribution is -0.138. The van der Waals surface area contributed by atoms with Crippen molar-refractivity contribution < 1.29 is 37.1 Å². The summed E-state index contributed by atoms with van der Waals surface area (Å²) in [4.78, 5) is 76.0. The maximum atomic E-state index is 13.6. The molecule has 16 heteroatoms.